The number of halogens is 1. The van der Waals surface area contributed by atoms with Crippen LogP contribution in [-0.4, -0.2) is 25.3 Å². The van der Waals surface area contributed by atoms with Crippen molar-refractivity contribution in [2.24, 2.45) is 5.10 Å². The molecule has 0 unspecified atom stereocenters. The van der Waals surface area contributed by atoms with Gasteiger partial charge in [0.25, 0.3) is 5.91 Å². The lowest BCUT2D eigenvalue weighted by Gasteiger charge is -2.10. The molecule has 0 aliphatic rings. The summed E-state index contributed by atoms with van der Waals surface area (Å²) in [6, 6.07) is 19.2. The Hall–Kier alpha value is -2.86. The van der Waals surface area contributed by atoms with Crippen LogP contribution in [0.25, 0.3) is 10.8 Å². The maximum atomic E-state index is 12.0. The Morgan fingerprint density at radius 1 is 1.11 bits per heavy atom. The van der Waals surface area contributed by atoms with Crippen molar-refractivity contribution in [2.75, 3.05) is 13.2 Å². The van der Waals surface area contributed by atoms with Crippen LogP contribution in [0.15, 0.2) is 70.2 Å². The van der Waals surface area contributed by atoms with Gasteiger partial charge in [0, 0.05) is 10.0 Å². The minimum atomic E-state index is -0.343. The quantitative estimate of drug-likeness (QED) is 0.445. The van der Waals surface area contributed by atoms with Crippen LogP contribution in [0.1, 0.15) is 12.5 Å². The van der Waals surface area contributed by atoms with E-state index in [1.165, 1.54) is 0 Å². The Kier molecular flexibility index (Phi) is 6.44. The zero-order valence-corrected chi connectivity index (χ0v) is 16.4. The fourth-order valence-electron chi connectivity index (χ4n) is 2.60. The van der Waals surface area contributed by atoms with Gasteiger partial charge in [-0.15, -0.1) is 0 Å². The highest BCUT2D eigenvalue weighted by atomic mass is 79.9. The van der Waals surface area contributed by atoms with Gasteiger partial charge in [0.15, 0.2) is 6.61 Å². The number of hydrogen-bond donors (Lipinski definition) is 1. The molecule has 0 aliphatic carbocycles. The van der Waals surface area contributed by atoms with Gasteiger partial charge in [-0.3, -0.25) is 4.79 Å². The van der Waals surface area contributed by atoms with Crippen molar-refractivity contribution in [3.05, 3.63) is 70.7 Å². The van der Waals surface area contributed by atoms with Crippen LogP contribution in [-0.2, 0) is 4.79 Å². The van der Waals surface area contributed by atoms with Crippen molar-refractivity contribution in [2.45, 2.75) is 6.92 Å². The Morgan fingerprint density at radius 3 is 2.78 bits per heavy atom. The number of amides is 1. The van der Waals surface area contributed by atoms with E-state index in [-0.39, 0.29) is 12.5 Å². The third kappa shape index (κ3) is 5.08. The van der Waals surface area contributed by atoms with Crippen LogP contribution in [0, 0.1) is 0 Å². The first-order valence-corrected chi connectivity index (χ1v) is 9.31. The fraction of sp³-hybridized carbons (Fsp3) is 0.143. The number of fused-ring (bicyclic) bond motifs is 1. The van der Waals surface area contributed by atoms with Crippen molar-refractivity contribution >= 4 is 38.8 Å². The zero-order valence-electron chi connectivity index (χ0n) is 14.8. The van der Waals surface area contributed by atoms with E-state index in [0.29, 0.717) is 12.4 Å². The van der Waals surface area contributed by atoms with Crippen molar-refractivity contribution in [1.29, 1.82) is 0 Å². The van der Waals surface area contributed by atoms with Crippen LogP contribution in [0.3, 0.4) is 0 Å². The lowest BCUT2D eigenvalue weighted by Crippen LogP contribution is -2.24. The number of nitrogens with zero attached hydrogens (tertiary/aromatic N) is 1. The minimum Gasteiger partial charge on any atom is -0.493 e. The Labute approximate surface area is 166 Å². The summed E-state index contributed by atoms with van der Waals surface area (Å²) in [5.74, 6) is 0.986. The highest BCUT2D eigenvalue weighted by Crippen LogP contribution is 2.26. The third-order valence-electron chi connectivity index (χ3n) is 3.78. The lowest BCUT2D eigenvalue weighted by molar-refractivity contribution is -0.123. The van der Waals surface area contributed by atoms with Crippen molar-refractivity contribution in [3.8, 4) is 11.5 Å². The molecule has 0 aliphatic heterocycles. The molecule has 6 heteroatoms. The maximum absolute atomic E-state index is 12.0. The van der Waals surface area contributed by atoms with E-state index in [2.05, 4.69) is 26.5 Å². The summed E-state index contributed by atoms with van der Waals surface area (Å²) in [5, 5.41) is 6.15. The predicted molar refractivity (Wildman–Crippen MR) is 110 cm³/mol. The van der Waals surface area contributed by atoms with Crippen molar-refractivity contribution < 1.29 is 14.3 Å². The first kappa shape index (κ1) is 18.9. The molecular weight excluding hydrogens is 408 g/mol. The molecule has 3 rings (SSSR count). The molecule has 1 amide bonds. The molecule has 1 N–H and O–H groups in total. The molecule has 0 radical (unpaired) electrons. The highest BCUT2D eigenvalue weighted by molar-refractivity contribution is 9.10. The van der Waals surface area contributed by atoms with E-state index in [1.54, 1.807) is 18.3 Å². The van der Waals surface area contributed by atoms with Gasteiger partial charge in [0.05, 0.1) is 12.8 Å². The monoisotopic (exact) mass is 426 g/mol. The van der Waals surface area contributed by atoms with E-state index in [1.807, 2.05) is 55.5 Å². The molecule has 0 saturated heterocycles. The van der Waals surface area contributed by atoms with Gasteiger partial charge in [-0.25, -0.2) is 5.43 Å². The van der Waals surface area contributed by atoms with Crippen LogP contribution < -0.4 is 14.9 Å². The SMILES string of the molecule is CCOc1ccc2ccccc2c1/C=N/NC(=O)COc1cccc(Br)c1. The van der Waals surface area contributed by atoms with Gasteiger partial charge in [-0.05, 0) is 42.0 Å². The molecule has 27 heavy (non-hydrogen) atoms. The molecule has 0 heterocycles. The second kappa shape index (κ2) is 9.19. The number of rotatable bonds is 7. The van der Waals surface area contributed by atoms with Crippen LogP contribution in [0.2, 0.25) is 0 Å². The summed E-state index contributed by atoms with van der Waals surface area (Å²) in [4.78, 5) is 12.0. The summed E-state index contributed by atoms with van der Waals surface area (Å²) < 4.78 is 12.0. The van der Waals surface area contributed by atoms with E-state index >= 15 is 0 Å². The molecule has 0 spiro atoms. The van der Waals surface area contributed by atoms with Crippen molar-refractivity contribution in [3.63, 3.8) is 0 Å². The molecular formula is C21H19BrN2O3. The summed E-state index contributed by atoms with van der Waals surface area (Å²) in [7, 11) is 0. The number of ether oxygens (including phenoxy) is 2. The Balaban J connectivity index is 1.68. The Bertz CT molecular complexity index is 973. The standard InChI is InChI=1S/C21H19BrN2O3/c1-2-26-20-11-10-15-6-3-4-9-18(15)19(20)13-23-24-21(25)14-27-17-8-5-7-16(22)12-17/h3-13H,2,14H2,1H3,(H,24,25)/b23-13+. The molecule has 0 saturated carbocycles. The number of hydrazone groups is 1. The maximum Gasteiger partial charge on any atom is 0.277 e. The van der Waals surface area contributed by atoms with Gasteiger partial charge >= 0.3 is 0 Å². The average Bonchev–Trinajstić information content (AvgIpc) is 2.68. The summed E-state index contributed by atoms with van der Waals surface area (Å²) in [5.41, 5.74) is 3.31. The summed E-state index contributed by atoms with van der Waals surface area (Å²) in [6.07, 6.45) is 1.60. The highest BCUT2D eigenvalue weighted by Gasteiger charge is 2.07. The molecule has 138 valence electrons. The Morgan fingerprint density at radius 2 is 1.96 bits per heavy atom. The molecule has 3 aromatic rings. The van der Waals surface area contributed by atoms with Gasteiger partial charge in [-0.1, -0.05) is 52.3 Å². The fourth-order valence-corrected chi connectivity index (χ4v) is 2.98. The number of carbonyl (C=O) groups excluding carboxylic acids is 1. The second-order valence-corrected chi connectivity index (χ2v) is 6.59. The molecule has 5 nitrogen and oxygen atoms in total. The minimum absolute atomic E-state index is 0.123. The summed E-state index contributed by atoms with van der Waals surface area (Å²) in [6.45, 7) is 2.35. The lowest BCUT2D eigenvalue weighted by atomic mass is 10.0. The molecule has 0 fully saturated rings. The topological polar surface area (TPSA) is 59.9 Å². The molecule has 0 atom stereocenters. The number of nitrogens with one attached hydrogen (secondary N) is 1. The van der Waals surface area contributed by atoms with Crippen molar-refractivity contribution in [1.82, 2.24) is 5.43 Å². The number of benzene rings is 3. The predicted octanol–water partition coefficient (Wildman–Crippen LogP) is 4.53. The van der Waals surface area contributed by atoms with Crippen LogP contribution in [0.5, 0.6) is 11.5 Å². The van der Waals surface area contributed by atoms with Crippen LogP contribution >= 0.6 is 15.9 Å². The van der Waals surface area contributed by atoms with Gasteiger partial charge in [-0.2, -0.15) is 5.10 Å². The zero-order chi connectivity index (χ0) is 19.1. The normalized spacial score (nSPS) is 10.9. The molecule has 0 bridgehead atoms. The smallest absolute Gasteiger partial charge is 0.277 e. The largest absolute Gasteiger partial charge is 0.493 e. The van der Waals surface area contributed by atoms with Gasteiger partial charge in [0.1, 0.15) is 11.5 Å². The second-order valence-electron chi connectivity index (χ2n) is 5.67. The van der Waals surface area contributed by atoms with E-state index in [0.717, 1.165) is 26.6 Å². The van der Waals surface area contributed by atoms with E-state index in [9.17, 15) is 4.79 Å². The first-order valence-electron chi connectivity index (χ1n) is 8.52. The van der Waals surface area contributed by atoms with Crippen LogP contribution in [0.4, 0.5) is 0 Å². The summed E-state index contributed by atoms with van der Waals surface area (Å²) >= 11 is 3.36. The van der Waals surface area contributed by atoms with Gasteiger partial charge in [0.2, 0.25) is 0 Å². The number of hydrogen-bond acceptors (Lipinski definition) is 4. The molecule has 3 aromatic carbocycles. The first-order chi connectivity index (χ1) is 13.2. The number of carbonyl (C=O) groups is 1. The average molecular weight is 427 g/mol. The van der Waals surface area contributed by atoms with E-state index < -0.39 is 0 Å². The van der Waals surface area contributed by atoms with E-state index in [4.69, 9.17) is 9.47 Å². The third-order valence-corrected chi connectivity index (χ3v) is 4.27. The molecule has 0 aromatic heterocycles. The van der Waals surface area contributed by atoms with Gasteiger partial charge < -0.3 is 9.47 Å².